The van der Waals surface area contributed by atoms with E-state index in [1.165, 1.54) is 0 Å². The molecule has 2 aromatic rings. The van der Waals surface area contributed by atoms with E-state index >= 15 is 0 Å². The number of ether oxygens (including phenoxy) is 2. The molecular formula is C15H21N3O2. The summed E-state index contributed by atoms with van der Waals surface area (Å²) in [6.45, 7) is 2.93. The largest absolute Gasteiger partial charge is 0.497 e. The average molecular weight is 275 g/mol. The van der Waals surface area contributed by atoms with Crippen LogP contribution in [0.25, 0.3) is 0 Å². The van der Waals surface area contributed by atoms with Crippen molar-refractivity contribution in [1.29, 1.82) is 0 Å². The van der Waals surface area contributed by atoms with Crippen molar-refractivity contribution in [3.05, 3.63) is 41.7 Å². The summed E-state index contributed by atoms with van der Waals surface area (Å²) >= 11 is 0. The Kier molecular flexibility index (Phi) is 4.63. The zero-order valence-electron chi connectivity index (χ0n) is 12.4. The Morgan fingerprint density at radius 1 is 1.25 bits per heavy atom. The summed E-state index contributed by atoms with van der Waals surface area (Å²) in [6, 6.07) is 7.91. The SMILES string of the molecule is CCNC(c1ccc(OC)cc1OC)c1ccnn1C. The van der Waals surface area contributed by atoms with Crippen molar-refractivity contribution >= 4 is 0 Å². The molecule has 0 aliphatic carbocycles. The summed E-state index contributed by atoms with van der Waals surface area (Å²) < 4.78 is 12.6. The van der Waals surface area contributed by atoms with Crippen LogP contribution in [-0.2, 0) is 7.05 Å². The van der Waals surface area contributed by atoms with Crippen LogP contribution in [0.2, 0.25) is 0 Å². The number of benzene rings is 1. The van der Waals surface area contributed by atoms with Gasteiger partial charge in [-0.3, -0.25) is 4.68 Å². The highest BCUT2D eigenvalue weighted by Gasteiger charge is 2.20. The molecule has 2 rings (SSSR count). The highest BCUT2D eigenvalue weighted by Crippen LogP contribution is 2.32. The smallest absolute Gasteiger partial charge is 0.127 e. The number of hydrogen-bond donors (Lipinski definition) is 1. The molecular weight excluding hydrogens is 254 g/mol. The van der Waals surface area contributed by atoms with Crippen molar-refractivity contribution in [1.82, 2.24) is 15.1 Å². The van der Waals surface area contributed by atoms with Gasteiger partial charge in [0.1, 0.15) is 11.5 Å². The molecule has 20 heavy (non-hydrogen) atoms. The van der Waals surface area contributed by atoms with Gasteiger partial charge in [-0.15, -0.1) is 0 Å². The number of aromatic nitrogens is 2. The van der Waals surface area contributed by atoms with Crippen molar-refractivity contribution in [2.24, 2.45) is 7.05 Å². The second-order valence-electron chi connectivity index (χ2n) is 4.48. The van der Waals surface area contributed by atoms with Gasteiger partial charge in [0.15, 0.2) is 0 Å². The standard InChI is InChI=1S/C15H21N3O2/c1-5-16-15(13-8-9-17-18(13)2)12-7-6-11(19-3)10-14(12)20-4/h6-10,15-16H,5H2,1-4H3. The van der Waals surface area contributed by atoms with E-state index in [1.54, 1.807) is 20.4 Å². The molecule has 0 spiro atoms. The van der Waals surface area contributed by atoms with Crippen molar-refractivity contribution in [2.75, 3.05) is 20.8 Å². The third kappa shape index (κ3) is 2.77. The van der Waals surface area contributed by atoms with E-state index in [1.807, 2.05) is 36.0 Å². The first-order chi connectivity index (χ1) is 9.71. The minimum Gasteiger partial charge on any atom is -0.497 e. The minimum atomic E-state index is 0.0355. The van der Waals surface area contributed by atoms with Crippen LogP contribution >= 0.6 is 0 Å². The van der Waals surface area contributed by atoms with Crippen molar-refractivity contribution in [3.8, 4) is 11.5 Å². The van der Waals surface area contributed by atoms with Crippen LogP contribution in [0.4, 0.5) is 0 Å². The molecule has 0 aliphatic heterocycles. The Bertz CT molecular complexity index is 566. The number of nitrogens with zero attached hydrogens (tertiary/aromatic N) is 2. The molecule has 1 N–H and O–H groups in total. The highest BCUT2D eigenvalue weighted by molar-refractivity contribution is 5.45. The molecule has 0 saturated heterocycles. The lowest BCUT2D eigenvalue weighted by Crippen LogP contribution is -2.24. The molecule has 1 atom stereocenters. The van der Waals surface area contributed by atoms with Gasteiger partial charge in [-0.05, 0) is 24.7 Å². The van der Waals surface area contributed by atoms with Gasteiger partial charge in [0.05, 0.1) is 26.0 Å². The molecule has 0 amide bonds. The molecule has 1 heterocycles. The van der Waals surface area contributed by atoms with Gasteiger partial charge in [0, 0.05) is 24.9 Å². The molecule has 0 saturated carbocycles. The van der Waals surface area contributed by atoms with E-state index in [-0.39, 0.29) is 6.04 Å². The maximum absolute atomic E-state index is 5.50. The average Bonchev–Trinajstić information content (AvgIpc) is 2.90. The van der Waals surface area contributed by atoms with Crippen molar-refractivity contribution < 1.29 is 9.47 Å². The van der Waals surface area contributed by atoms with Gasteiger partial charge in [0.2, 0.25) is 0 Å². The van der Waals surface area contributed by atoms with Crippen LogP contribution in [0, 0.1) is 0 Å². The fourth-order valence-corrected chi connectivity index (χ4v) is 2.30. The number of rotatable bonds is 6. The topological polar surface area (TPSA) is 48.3 Å². The first-order valence-electron chi connectivity index (χ1n) is 6.64. The van der Waals surface area contributed by atoms with Gasteiger partial charge in [-0.25, -0.2) is 0 Å². The van der Waals surface area contributed by atoms with Crippen molar-refractivity contribution in [2.45, 2.75) is 13.0 Å². The van der Waals surface area contributed by atoms with Gasteiger partial charge in [0.25, 0.3) is 0 Å². The van der Waals surface area contributed by atoms with Crippen LogP contribution < -0.4 is 14.8 Å². The molecule has 1 aromatic heterocycles. The van der Waals surface area contributed by atoms with E-state index in [0.717, 1.165) is 29.3 Å². The fraction of sp³-hybridized carbons (Fsp3) is 0.400. The normalized spacial score (nSPS) is 12.2. The lowest BCUT2D eigenvalue weighted by molar-refractivity contribution is 0.386. The predicted molar refractivity (Wildman–Crippen MR) is 78.3 cm³/mol. The summed E-state index contributed by atoms with van der Waals surface area (Å²) in [5, 5.41) is 7.72. The Morgan fingerprint density at radius 2 is 2.05 bits per heavy atom. The van der Waals surface area contributed by atoms with E-state index in [0.29, 0.717) is 0 Å². The summed E-state index contributed by atoms with van der Waals surface area (Å²) in [6.07, 6.45) is 1.80. The maximum atomic E-state index is 5.50. The van der Waals surface area contributed by atoms with E-state index in [9.17, 15) is 0 Å². The Hall–Kier alpha value is -2.01. The fourth-order valence-electron chi connectivity index (χ4n) is 2.30. The molecule has 5 heteroatoms. The van der Waals surface area contributed by atoms with E-state index < -0.39 is 0 Å². The first kappa shape index (κ1) is 14.4. The Balaban J connectivity index is 2.46. The van der Waals surface area contributed by atoms with E-state index in [4.69, 9.17) is 9.47 Å². The molecule has 0 fully saturated rings. The summed E-state index contributed by atoms with van der Waals surface area (Å²) in [4.78, 5) is 0. The van der Waals surface area contributed by atoms with Crippen LogP contribution in [0.15, 0.2) is 30.5 Å². The van der Waals surface area contributed by atoms with Gasteiger partial charge >= 0.3 is 0 Å². The van der Waals surface area contributed by atoms with Gasteiger partial charge in [-0.2, -0.15) is 5.10 Å². The number of nitrogens with one attached hydrogen (secondary N) is 1. The van der Waals surface area contributed by atoms with E-state index in [2.05, 4.69) is 17.3 Å². The summed E-state index contributed by atoms with van der Waals surface area (Å²) in [5.41, 5.74) is 2.16. The molecule has 1 unspecified atom stereocenters. The molecule has 108 valence electrons. The quantitative estimate of drug-likeness (QED) is 0.877. The van der Waals surface area contributed by atoms with Gasteiger partial charge < -0.3 is 14.8 Å². The summed E-state index contributed by atoms with van der Waals surface area (Å²) in [5.74, 6) is 1.59. The lowest BCUT2D eigenvalue weighted by atomic mass is 10.0. The number of methoxy groups -OCH3 is 2. The second kappa shape index (κ2) is 6.43. The third-order valence-corrected chi connectivity index (χ3v) is 3.31. The second-order valence-corrected chi connectivity index (χ2v) is 4.48. The van der Waals surface area contributed by atoms with Gasteiger partial charge in [-0.1, -0.05) is 6.92 Å². The van der Waals surface area contributed by atoms with Crippen LogP contribution in [-0.4, -0.2) is 30.5 Å². The van der Waals surface area contributed by atoms with Crippen LogP contribution in [0.1, 0.15) is 24.2 Å². The monoisotopic (exact) mass is 275 g/mol. The summed E-state index contributed by atoms with van der Waals surface area (Å²) in [7, 11) is 5.26. The Labute approximate surface area is 119 Å². The number of hydrogen-bond acceptors (Lipinski definition) is 4. The first-order valence-corrected chi connectivity index (χ1v) is 6.64. The molecule has 0 radical (unpaired) electrons. The predicted octanol–water partition coefficient (Wildman–Crippen LogP) is 2.14. The molecule has 1 aromatic carbocycles. The highest BCUT2D eigenvalue weighted by atomic mass is 16.5. The van der Waals surface area contributed by atoms with Crippen molar-refractivity contribution in [3.63, 3.8) is 0 Å². The molecule has 0 bridgehead atoms. The van der Waals surface area contributed by atoms with Crippen LogP contribution in [0.3, 0.4) is 0 Å². The maximum Gasteiger partial charge on any atom is 0.127 e. The molecule has 0 aliphatic rings. The van der Waals surface area contributed by atoms with Crippen LogP contribution in [0.5, 0.6) is 11.5 Å². The molecule has 5 nitrogen and oxygen atoms in total. The lowest BCUT2D eigenvalue weighted by Gasteiger charge is -2.21. The number of aryl methyl sites for hydroxylation is 1. The Morgan fingerprint density at radius 3 is 2.60 bits per heavy atom. The zero-order chi connectivity index (χ0) is 14.5. The minimum absolute atomic E-state index is 0.0355. The zero-order valence-corrected chi connectivity index (χ0v) is 12.4. The third-order valence-electron chi connectivity index (χ3n) is 3.31.